The maximum atomic E-state index is 4.80. The zero-order valence-electron chi connectivity index (χ0n) is 26.0. The Morgan fingerprint density at radius 2 is 0.628 bits per heavy atom. The molecule has 0 bridgehead atoms. The van der Waals surface area contributed by atoms with Gasteiger partial charge in [-0.3, -0.25) is 0 Å². The van der Waals surface area contributed by atoms with Gasteiger partial charge in [-0.25, -0.2) is 0 Å². The van der Waals surface area contributed by atoms with Gasteiger partial charge in [0.15, 0.2) is 0 Å². The topological polar surface area (TPSA) is 6.48 Å². The van der Waals surface area contributed by atoms with Gasteiger partial charge in [-0.05, 0) is 80.3 Å². The summed E-state index contributed by atoms with van der Waals surface area (Å²) in [5.41, 5.74) is 0. The molecule has 220 valence electrons. The summed E-state index contributed by atoms with van der Waals surface area (Å²) in [6.45, 7) is 14.6. The Hall–Kier alpha value is -1.84. The van der Waals surface area contributed by atoms with Gasteiger partial charge < -0.3 is 22.9 Å². The molecule has 2 aliphatic heterocycles. The molecule has 0 spiro atoms. The van der Waals surface area contributed by atoms with E-state index >= 15 is 0 Å². The van der Waals surface area contributed by atoms with E-state index in [1.807, 2.05) is 0 Å². The fourth-order valence-corrected chi connectivity index (χ4v) is 13.6. The van der Waals surface area contributed by atoms with Crippen LogP contribution in [-0.4, -0.2) is 64.5 Å². The van der Waals surface area contributed by atoms with E-state index in [4.69, 9.17) is 13.1 Å². The zero-order chi connectivity index (χ0) is 29.1. The minimum atomic E-state index is -1.91. The van der Waals surface area contributed by atoms with Crippen molar-refractivity contribution in [2.24, 2.45) is 0 Å². The van der Waals surface area contributed by atoms with Gasteiger partial charge in [-0.2, -0.15) is 0 Å². The van der Waals surface area contributed by atoms with Crippen molar-refractivity contribution in [3.8, 4) is 0 Å². The molecule has 2 heterocycles. The summed E-state index contributed by atoms with van der Waals surface area (Å²) in [5.74, 6) is 0. The Kier molecular flexibility index (Phi) is 13.5. The summed E-state index contributed by atoms with van der Waals surface area (Å²) in [6.07, 6.45) is 10.4. The van der Waals surface area contributed by atoms with E-state index in [0.717, 1.165) is 12.3 Å². The summed E-state index contributed by atoms with van der Waals surface area (Å²) < 4.78 is 0. The zero-order valence-corrected chi connectivity index (χ0v) is 32.1. The average Bonchev–Trinajstić information content (AvgIpc) is 3.07. The van der Waals surface area contributed by atoms with E-state index in [0.29, 0.717) is 0 Å². The Bertz CT molecular complexity index is 1130. The first kappa shape index (κ1) is 34.0. The van der Waals surface area contributed by atoms with Crippen LogP contribution in [0.4, 0.5) is 0 Å². The van der Waals surface area contributed by atoms with Gasteiger partial charge in [-0.1, -0.05) is 155 Å². The summed E-state index contributed by atoms with van der Waals surface area (Å²) in [6, 6.07) is 43.8. The molecule has 0 unspecified atom stereocenters. The molecule has 0 aromatic heterocycles. The maximum absolute atomic E-state index is 4.80. The second-order valence-electron chi connectivity index (χ2n) is 12.3. The van der Waals surface area contributed by atoms with Crippen molar-refractivity contribution in [1.29, 1.82) is 0 Å². The third-order valence-electron chi connectivity index (χ3n) is 9.19. The van der Waals surface area contributed by atoms with E-state index < -0.39 is 16.1 Å². The van der Waals surface area contributed by atoms with Gasteiger partial charge in [0.25, 0.3) is 0 Å². The molecular formula is C38H48CdN2Si2. The van der Waals surface area contributed by atoms with E-state index in [9.17, 15) is 0 Å². The SMILES string of the molecule is [CH2-][Si](CN1CCCCC1)(c1ccccc1)c1ccccc1.[CH2-][Si](CN1CCCCC1)(c1ccccc1)c1ccccc1.[Cd+2]. The quantitative estimate of drug-likeness (QED) is 0.182. The standard InChI is InChI=1S/2C19H24NSi.Cd/c2*1-21(18-11-5-2-6-12-18,19-13-7-3-8-14-19)17-20-15-9-4-10-16-20;/h2*2-3,5-8,11-14H,1,4,9-10,15-17H2;/q2*-1;+2. The molecule has 5 heteroatoms. The third kappa shape index (κ3) is 9.10. The van der Waals surface area contributed by atoms with Crippen LogP contribution < -0.4 is 20.7 Å². The first-order valence-electron chi connectivity index (χ1n) is 16.0. The number of piperidine rings is 2. The van der Waals surface area contributed by atoms with Crippen LogP contribution in [0.15, 0.2) is 121 Å². The monoisotopic (exact) mass is 702 g/mol. The Morgan fingerprint density at radius 1 is 0.395 bits per heavy atom. The molecule has 2 nitrogen and oxygen atoms in total. The number of benzene rings is 4. The van der Waals surface area contributed by atoms with Crippen molar-refractivity contribution in [2.45, 2.75) is 38.5 Å². The van der Waals surface area contributed by atoms with Gasteiger partial charge in [0, 0.05) is 0 Å². The summed E-state index contributed by atoms with van der Waals surface area (Å²) in [5, 5.41) is 5.78. The minimum absolute atomic E-state index is 0. The molecule has 2 fully saturated rings. The largest absolute Gasteiger partial charge is 2.00 e. The predicted molar refractivity (Wildman–Crippen MR) is 187 cm³/mol. The van der Waals surface area contributed by atoms with Crippen LogP contribution in [0.25, 0.3) is 0 Å². The van der Waals surface area contributed by atoms with Crippen molar-refractivity contribution in [1.82, 2.24) is 9.80 Å². The van der Waals surface area contributed by atoms with Gasteiger partial charge in [0.1, 0.15) is 0 Å². The predicted octanol–water partition coefficient (Wildman–Crippen LogP) is 5.29. The summed E-state index contributed by atoms with van der Waals surface area (Å²) in [7, 11) is -3.83. The van der Waals surface area contributed by atoms with Gasteiger partial charge >= 0.3 is 27.3 Å². The van der Waals surface area contributed by atoms with Gasteiger partial charge in [0.2, 0.25) is 0 Å². The molecular weight excluding hydrogens is 653 g/mol. The number of rotatable bonds is 8. The molecule has 2 aliphatic rings. The van der Waals surface area contributed by atoms with E-state index in [1.54, 1.807) is 0 Å². The minimum Gasteiger partial charge on any atom is -0.332 e. The van der Waals surface area contributed by atoms with Crippen LogP contribution in [0.5, 0.6) is 0 Å². The number of likely N-dealkylation sites (tertiary alicyclic amines) is 2. The van der Waals surface area contributed by atoms with E-state index in [1.165, 1.54) is 85.5 Å². The molecule has 4 aromatic carbocycles. The van der Waals surface area contributed by atoms with Crippen LogP contribution in [-0.2, 0) is 27.3 Å². The molecule has 0 atom stereocenters. The summed E-state index contributed by atoms with van der Waals surface area (Å²) in [4.78, 5) is 5.28. The van der Waals surface area contributed by atoms with Crippen molar-refractivity contribution >= 4 is 36.9 Å². The fourth-order valence-electron chi connectivity index (χ4n) is 6.73. The molecule has 0 saturated carbocycles. The Morgan fingerprint density at radius 3 is 0.860 bits per heavy atom. The molecule has 0 amide bonds. The summed E-state index contributed by atoms with van der Waals surface area (Å²) >= 11 is 0. The number of nitrogens with zero attached hydrogens (tertiary/aromatic N) is 2. The molecule has 0 N–H and O–H groups in total. The van der Waals surface area contributed by atoms with Gasteiger partial charge in [-0.15, -0.1) is 0 Å². The van der Waals surface area contributed by atoms with E-state index in [-0.39, 0.29) is 27.3 Å². The first-order valence-corrected chi connectivity index (χ1v) is 20.8. The average molecular weight is 701 g/mol. The maximum Gasteiger partial charge on any atom is 2.00 e. The Balaban J connectivity index is 0.000000192. The second-order valence-corrected chi connectivity index (χ2v) is 19.6. The Labute approximate surface area is 283 Å². The van der Waals surface area contributed by atoms with Crippen LogP contribution in [0.3, 0.4) is 0 Å². The molecule has 0 radical (unpaired) electrons. The second kappa shape index (κ2) is 17.0. The van der Waals surface area contributed by atoms with Gasteiger partial charge in [0.05, 0.1) is 0 Å². The molecule has 6 rings (SSSR count). The van der Waals surface area contributed by atoms with E-state index in [2.05, 4.69) is 131 Å². The third-order valence-corrected chi connectivity index (χ3v) is 16.9. The van der Waals surface area contributed by atoms with Crippen molar-refractivity contribution in [3.05, 3.63) is 134 Å². The molecule has 0 aliphatic carbocycles. The normalized spacial score (nSPS) is 16.4. The van der Waals surface area contributed by atoms with Crippen LogP contribution in [0.1, 0.15) is 38.5 Å². The molecule has 43 heavy (non-hydrogen) atoms. The van der Waals surface area contributed by atoms with Crippen LogP contribution in [0.2, 0.25) is 0 Å². The van der Waals surface area contributed by atoms with Crippen molar-refractivity contribution in [3.63, 3.8) is 0 Å². The number of hydrogen-bond donors (Lipinski definition) is 0. The van der Waals surface area contributed by atoms with Crippen molar-refractivity contribution in [2.75, 3.05) is 38.5 Å². The fraction of sp³-hybridized carbons (Fsp3) is 0.316. The van der Waals surface area contributed by atoms with Crippen LogP contribution in [0, 0.1) is 13.1 Å². The molecule has 4 aromatic rings. The molecule has 2 saturated heterocycles. The smallest absolute Gasteiger partial charge is 0.332 e. The first-order chi connectivity index (χ1) is 20.6. The number of hydrogen-bond acceptors (Lipinski definition) is 2. The van der Waals surface area contributed by atoms with Crippen molar-refractivity contribution < 1.29 is 27.3 Å². The van der Waals surface area contributed by atoms with Crippen LogP contribution >= 0.6 is 0 Å².